The van der Waals surface area contributed by atoms with Gasteiger partial charge >= 0.3 is 5.97 Å². The second kappa shape index (κ2) is 6.01. The van der Waals surface area contributed by atoms with Crippen molar-refractivity contribution < 1.29 is 14.6 Å². The monoisotopic (exact) mass is 302 g/mol. The van der Waals surface area contributed by atoms with E-state index in [2.05, 4.69) is 17.4 Å². The molecule has 2 aliphatic rings. The fourth-order valence-corrected chi connectivity index (χ4v) is 3.23. The van der Waals surface area contributed by atoms with Crippen LogP contribution in [0.3, 0.4) is 0 Å². The van der Waals surface area contributed by atoms with Crippen LogP contribution in [0.25, 0.3) is 0 Å². The highest BCUT2D eigenvalue weighted by atomic mass is 16.5. The fraction of sp³-hybridized carbons (Fsp3) is 0.471. The number of esters is 1. The van der Waals surface area contributed by atoms with Gasteiger partial charge in [0, 0.05) is 24.7 Å². The van der Waals surface area contributed by atoms with E-state index in [0.717, 1.165) is 17.1 Å². The molecule has 5 nitrogen and oxygen atoms in total. The average molecular weight is 302 g/mol. The van der Waals surface area contributed by atoms with Crippen molar-refractivity contribution in [2.24, 2.45) is 0 Å². The molecule has 5 heteroatoms. The van der Waals surface area contributed by atoms with Gasteiger partial charge in [-0.2, -0.15) is 0 Å². The molecule has 2 atom stereocenters. The quantitative estimate of drug-likeness (QED) is 0.812. The largest absolute Gasteiger partial charge is 0.464 e. The van der Waals surface area contributed by atoms with Gasteiger partial charge in [0.25, 0.3) is 0 Å². The lowest BCUT2D eigenvalue weighted by Crippen LogP contribution is -2.43. The zero-order chi connectivity index (χ0) is 15.7. The maximum absolute atomic E-state index is 12.1. The lowest BCUT2D eigenvalue weighted by molar-refractivity contribution is -0.145. The first-order chi connectivity index (χ1) is 10.6. The van der Waals surface area contributed by atoms with Crippen molar-refractivity contribution in [3.8, 4) is 0 Å². The molecule has 0 aromatic heterocycles. The van der Waals surface area contributed by atoms with Crippen LogP contribution >= 0.6 is 0 Å². The molecule has 2 heterocycles. The van der Waals surface area contributed by atoms with Crippen LogP contribution in [0.5, 0.6) is 0 Å². The molecule has 0 amide bonds. The molecule has 2 aliphatic heterocycles. The Morgan fingerprint density at radius 1 is 1.41 bits per heavy atom. The Hall–Kier alpha value is -2.01. The number of rotatable bonds is 2. The molecule has 2 unspecified atom stereocenters. The zero-order valence-corrected chi connectivity index (χ0v) is 13.0. The summed E-state index contributed by atoms with van der Waals surface area (Å²) < 4.78 is 5.13. The third kappa shape index (κ3) is 2.57. The first kappa shape index (κ1) is 14.9. The summed E-state index contributed by atoms with van der Waals surface area (Å²) in [6, 6.07) is 7.73. The van der Waals surface area contributed by atoms with Gasteiger partial charge in [-0.05, 0) is 31.4 Å². The van der Waals surface area contributed by atoms with Gasteiger partial charge in [-0.1, -0.05) is 18.2 Å². The summed E-state index contributed by atoms with van der Waals surface area (Å²) in [5.74, 6) is 0.581. The summed E-state index contributed by atoms with van der Waals surface area (Å²) >= 11 is 0. The van der Waals surface area contributed by atoms with Gasteiger partial charge in [0.05, 0.1) is 12.7 Å². The minimum atomic E-state index is -0.530. The normalized spacial score (nSPS) is 24.0. The van der Waals surface area contributed by atoms with Crippen LogP contribution in [0.15, 0.2) is 35.7 Å². The third-order valence-corrected chi connectivity index (χ3v) is 4.39. The summed E-state index contributed by atoms with van der Waals surface area (Å²) in [5.41, 5.74) is 3.25. The Morgan fingerprint density at radius 2 is 2.18 bits per heavy atom. The highest BCUT2D eigenvalue weighted by molar-refractivity contribution is 5.77. The van der Waals surface area contributed by atoms with Crippen molar-refractivity contribution in [2.75, 3.05) is 18.6 Å². The predicted molar refractivity (Wildman–Crippen MR) is 84.4 cm³/mol. The van der Waals surface area contributed by atoms with E-state index in [-0.39, 0.29) is 5.97 Å². The standard InChI is InChI=1S/C17H22N2O3/c1-3-22-17(21)13-8-9-15(20)12-10-11-6-4-5-7-14(11)19(2)16(12)18-13/h4-7,13,15,18,20H,3,8-10H2,1-2H3. The van der Waals surface area contributed by atoms with Crippen molar-refractivity contribution in [3.05, 3.63) is 41.2 Å². The number of aliphatic hydroxyl groups excluding tert-OH is 1. The summed E-state index contributed by atoms with van der Waals surface area (Å²) in [6.45, 7) is 2.17. The van der Waals surface area contributed by atoms with E-state index in [1.54, 1.807) is 6.92 Å². The molecule has 0 fully saturated rings. The van der Waals surface area contributed by atoms with E-state index >= 15 is 0 Å². The number of para-hydroxylation sites is 1. The number of aliphatic hydroxyl groups is 1. The van der Waals surface area contributed by atoms with E-state index in [0.29, 0.717) is 25.9 Å². The molecule has 3 rings (SSSR count). The van der Waals surface area contributed by atoms with Crippen molar-refractivity contribution >= 4 is 11.7 Å². The molecule has 0 saturated heterocycles. The summed E-state index contributed by atoms with van der Waals surface area (Å²) in [5, 5.41) is 13.8. The first-order valence-corrected chi connectivity index (χ1v) is 7.77. The van der Waals surface area contributed by atoms with E-state index in [4.69, 9.17) is 4.74 Å². The van der Waals surface area contributed by atoms with Crippen molar-refractivity contribution in [3.63, 3.8) is 0 Å². The van der Waals surface area contributed by atoms with Crippen molar-refractivity contribution in [1.29, 1.82) is 0 Å². The van der Waals surface area contributed by atoms with E-state index < -0.39 is 12.1 Å². The van der Waals surface area contributed by atoms with E-state index in [1.807, 2.05) is 24.1 Å². The Labute approximate surface area is 130 Å². The topological polar surface area (TPSA) is 61.8 Å². The van der Waals surface area contributed by atoms with Gasteiger partial charge in [0.1, 0.15) is 11.9 Å². The molecule has 1 aromatic carbocycles. The van der Waals surface area contributed by atoms with Gasteiger partial charge in [-0.25, -0.2) is 4.79 Å². The number of hydrogen-bond donors (Lipinski definition) is 2. The molecule has 118 valence electrons. The van der Waals surface area contributed by atoms with Crippen LogP contribution in [0.1, 0.15) is 25.3 Å². The second-order valence-corrected chi connectivity index (χ2v) is 5.78. The van der Waals surface area contributed by atoms with Gasteiger partial charge in [-0.3, -0.25) is 0 Å². The Balaban J connectivity index is 1.93. The number of fused-ring (bicyclic) bond motifs is 1. The molecule has 0 bridgehead atoms. The van der Waals surface area contributed by atoms with Crippen LogP contribution in [0, 0.1) is 0 Å². The minimum Gasteiger partial charge on any atom is -0.464 e. The summed E-state index contributed by atoms with van der Waals surface area (Å²) in [7, 11) is 1.96. The maximum Gasteiger partial charge on any atom is 0.328 e. The first-order valence-electron chi connectivity index (χ1n) is 7.77. The van der Waals surface area contributed by atoms with Gasteiger partial charge < -0.3 is 20.1 Å². The Kier molecular flexibility index (Phi) is 4.07. The minimum absolute atomic E-state index is 0.254. The van der Waals surface area contributed by atoms with Gasteiger partial charge in [0.2, 0.25) is 0 Å². The van der Waals surface area contributed by atoms with Crippen LogP contribution < -0.4 is 10.2 Å². The number of hydrogen-bond acceptors (Lipinski definition) is 5. The maximum atomic E-state index is 12.1. The molecule has 0 radical (unpaired) electrons. The Morgan fingerprint density at radius 3 is 2.95 bits per heavy atom. The number of carbonyl (C=O) groups is 1. The fourth-order valence-electron chi connectivity index (χ4n) is 3.23. The van der Waals surface area contributed by atoms with Gasteiger partial charge in [-0.15, -0.1) is 0 Å². The molecule has 22 heavy (non-hydrogen) atoms. The molecule has 2 N–H and O–H groups in total. The second-order valence-electron chi connectivity index (χ2n) is 5.78. The lowest BCUT2D eigenvalue weighted by atomic mass is 9.93. The average Bonchev–Trinajstić information content (AvgIpc) is 2.68. The summed E-state index contributed by atoms with van der Waals surface area (Å²) in [6.07, 6.45) is 1.31. The number of nitrogens with one attached hydrogen (secondary N) is 1. The van der Waals surface area contributed by atoms with Crippen LogP contribution in [-0.2, 0) is 16.0 Å². The van der Waals surface area contributed by atoms with Crippen molar-refractivity contribution in [1.82, 2.24) is 5.32 Å². The third-order valence-electron chi connectivity index (χ3n) is 4.39. The SMILES string of the molecule is CCOC(=O)C1CCC(O)C2=C(N1)N(C)c1ccccc1C2. The number of benzene rings is 1. The molecule has 1 aromatic rings. The predicted octanol–water partition coefficient (Wildman–Crippen LogP) is 1.57. The molecular formula is C17H22N2O3. The molecule has 0 aliphatic carbocycles. The molecule has 0 spiro atoms. The van der Waals surface area contributed by atoms with Crippen LogP contribution in [-0.4, -0.2) is 36.9 Å². The van der Waals surface area contributed by atoms with Crippen LogP contribution in [0.2, 0.25) is 0 Å². The number of ether oxygens (including phenoxy) is 1. The molecular weight excluding hydrogens is 280 g/mol. The molecule has 0 saturated carbocycles. The zero-order valence-electron chi connectivity index (χ0n) is 13.0. The highest BCUT2D eigenvalue weighted by Crippen LogP contribution is 2.35. The van der Waals surface area contributed by atoms with Crippen LogP contribution in [0.4, 0.5) is 5.69 Å². The Bertz CT molecular complexity index is 612. The van der Waals surface area contributed by atoms with E-state index in [9.17, 15) is 9.90 Å². The van der Waals surface area contributed by atoms with Crippen molar-refractivity contribution in [2.45, 2.75) is 38.3 Å². The van der Waals surface area contributed by atoms with Gasteiger partial charge in [0.15, 0.2) is 0 Å². The smallest absolute Gasteiger partial charge is 0.328 e. The number of nitrogens with zero attached hydrogens (tertiary/aromatic N) is 1. The number of carbonyl (C=O) groups excluding carboxylic acids is 1. The lowest BCUT2D eigenvalue weighted by Gasteiger charge is -2.34. The summed E-state index contributed by atoms with van der Waals surface area (Å²) in [4.78, 5) is 14.1. The highest BCUT2D eigenvalue weighted by Gasteiger charge is 2.33. The number of anilines is 1. The van der Waals surface area contributed by atoms with E-state index in [1.165, 1.54) is 5.56 Å².